The lowest BCUT2D eigenvalue weighted by molar-refractivity contribution is -0.130. The second-order valence-corrected chi connectivity index (χ2v) is 10.8. The summed E-state index contributed by atoms with van der Waals surface area (Å²) in [7, 11) is -3.31. The number of hydrogen-bond acceptors (Lipinski definition) is 7. The van der Waals surface area contributed by atoms with Gasteiger partial charge in [0.25, 0.3) is 0 Å². The van der Waals surface area contributed by atoms with Crippen molar-refractivity contribution < 1.29 is 13.2 Å². The zero-order valence-electron chi connectivity index (χ0n) is 18.8. The number of benzene rings is 1. The molecule has 0 spiro atoms. The fourth-order valence-electron chi connectivity index (χ4n) is 3.70. The Labute approximate surface area is 194 Å². The van der Waals surface area contributed by atoms with Crippen LogP contribution in [-0.2, 0) is 21.1 Å². The fraction of sp³-hybridized carbons (Fsp3) is 0.333. The van der Waals surface area contributed by atoms with Crippen molar-refractivity contribution in [3.63, 3.8) is 0 Å². The monoisotopic (exact) mass is 465 g/mol. The summed E-state index contributed by atoms with van der Waals surface area (Å²) in [5.41, 5.74) is 2.50. The molecule has 3 aromatic rings. The van der Waals surface area contributed by atoms with Gasteiger partial charge in [-0.3, -0.25) is 9.78 Å². The highest BCUT2D eigenvalue weighted by molar-refractivity contribution is 7.92. The third-order valence-corrected chi connectivity index (χ3v) is 7.96. The van der Waals surface area contributed by atoms with Gasteiger partial charge in [-0.1, -0.05) is 12.1 Å². The lowest BCUT2D eigenvalue weighted by atomic mass is 10.1. The predicted molar refractivity (Wildman–Crippen MR) is 127 cm³/mol. The van der Waals surface area contributed by atoms with Gasteiger partial charge < -0.3 is 9.80 Å². The molecule has 33 heavy (non-hydrogen) atoms. The molecule has 1 saturated heterocycles. The van der Waals surface area contributed by atoms with Gasteiger partial charge >= 0.3 is 0 Å². The van der Waals surface area contributed by atoms with Crippen LogP contribution in [0.25, 0.3) is 11.3 Å². The van der Waals surface area contributed by atoms with Crippen molar-refractivity contribution in [3.05, 3.63) is 66.5 Å². The molecular formula is C24H27N5O3S. The van der Waals surface area contributed by atoms with Gasteiger partial charge in [0.2, 0.25) is 5.91 Å². The van der Waals surface area contributed by atoms with Gasteiger partial charge in [0.1, 0.15) is 0 Å². The smallest absolute Gasteiger partial charge is 0.227 e. The summed E-state index contributed by atoms with van der Waals surface area (Å²) in [6, 6.07) is 14.3. The predicted octanol–water partition coefficient (Wildman–Crippen LogP) is 2.61. The van der Waals surface area contributed by atoms with E-state index in [4.69, 9.17) is 0 Å². The Balaban J connectivity index is 1.32. The van der Waals surface area contributed by atoms with E-state index in [9.17, 15) is 13.2 Å². The minimum Gasteiger partial charge on any atom is -0.352 e. The van der Waals surface area contributed by atoms with Crippen LogP contribution >= 0.6 is 0 Å². The van der Waals surface area contributed by atoms with Crippen molar-refractivity contribution in [1.82, 2.24) is 20.1 Å². The average Bonchev–Trinajstić information content (AvgIpc) is 2.85. The van der Waals surface area contributed by atoms with E-state index in [2.05, 4.69) is 20.1 Å². The van der Waals surface area contributed by atoms with E-state index in [1.807, 2.05) is 29.2 Å². The van der Waals surface area contributed by atoms with Crippen molar-refractivity contribution in [2.24, 2.45) is 0 Å². The molecule has 1 aliphatic rings. The summed E-state index contributed by atoms with van der Waals surface area (Å²) in [5.74, 6) is 0.823. The van der Waals surface area contributed by atoms with E-state index in [-0.39, 0.29) is 17.2 Å². The minimum absolute atomic E-state index is 0.0344. The molecule has 0 unspecified atom stereocenters. The van der Waals surface area contributed by atoms with Gasteiger partial charge in [-0.2, -0.15) is 0 Å². The molecular weight excluding hydrogens is 438 g/mol. The van der Waals surface area contributed by atoms with Gasteiger partial charge in [-0.15, -0.1) is 10.2 Å². The number of rotatable bonds is 6. The fourth-order valence-corrected chi connectivity index (χ4v) is 4.76. The Hall–Kier alpha value is -3.33. The third kappa shape index (κ3) is 5.19. The zero-order valence-corrected chi connectivity index (χ0v) is 19.6. The highest BCUT2D eigenvalue weighted by Crippen LogP contribution is 2.20. The van der Waals surface area contributed by atoms with E-state index < -0.39 is 15.1 Å². The van der Waals surface area contributed by atoms with Gasteiger partial charge in [0.15, 0.2) is 15.7 Å². The Bertz CT molecular complexity index is 1190. The topological polar surface area (TPSA) is 96.4 Å². The van der Waals surface area contributed by atoms with Gasteiger partial charge in [-0.05, 0) is 55.8 Å². The van der Waals surface area contributed by atoms with Crippen molar-refractivity contribution in [2.75, 3.05) is 31.1 Å². The largest absolute Gasteiger partial charge is 0.352 e. The molecule has 2 aromatic heterocycles. The summed E-state index contributed by atoms with van der Waals surface area (Å²) >= 11 is 0. The number of sulfone groups is 1. The second kappa shape index (κ2) is 9.66. The number of amides is 1. The van der Waals surface area contributed by atoms with Crippen LogP contribution in [0, 0.1) is 0 Å². The summed E-state index contributed by atoms with van der Waals surface area (Å²) in [4.78, 5) is 21.1. The second-order valence-electron chi connectivity index (χ2n) is 8.30. The van der Waals surface area contributed by atoms with Crippen LogP contribution in [0.15, 0.2) is 65.8 Å². The zero-order chi connectivity index (χ0) is 23.4. The van der Waals surface area contributed by atoms with Crippen LogP contribution in [0.5, 0.6) is 0 Å². The maximum absolute atomic E-state index is 12.8. The first kappa shape index (κ1) is 22.8. The molecule has 4 rings (SSSR count). The SMILES string of the molecule is CC(C)S(=O)(=O)c1ccc(CC(=O)N2CCN(c3ccc(-c4cccnc4)nn3)CC2)cc1. The number of carbonyl (C=O) groups is 1. The highest BCUT2D eigenvalue weighted by Gasteiger charge is 2.23. The van der Waals surface area contributed by atoms with E-state index in [0.717, 1.165) is 22.6 Å². The van der Waals surface area contributed by atoms with Crippen LogP contribution in [0.2, 0.25) is 0 Å². The average molecular weight is 466 g/mol. The molecule has 1 aromatic carbocycles. The van der Waals surface area contributed by atoms with E-state index in [0.29, 0.717) is 26.2 Å². The van der Waals surface area contributed by atoms with Crippen LogP contribution in [-0.4, -0.2) is 65.8 Å². The first-order valence-corrected chi connectivity index (χ1v) is 12.5. The van der Waals surface area contributed by atoms with Crippen LogP contribution in [0.4, 0.5) is 5.82 Å². The third-order valence-electron chi connectivity index (χ3n) is 5.79. The first-order chi connectivity index (χ1) is 15.8. The summed E-state index contributed by atoms with van der Waals surface area (Å²) in [5, 5.41) is 8.19. The summed E-state index contributed by atoms with van der Waals surface area (Å²) < 4.78 is 24.5. The molecule has 1 fully saturated rings. The number of piperazine rings is 1. The number of hydrogen-bond donors (Lipinski definition) is 0. The molecule has 1 aliphatic heterocycles. The molecule has 0 saturated carbocycles. The lowest BCUT2D eigenvalue weighted by Gasteiger charge is -2.35. The van der Waals surface area contributed by atoms with Crippen molar-refractivity contribution in [3.8, 4) is 11.3 Å². The minimum atomic E-state index is -3.31. The maximum atomic E-state index is 12.8. The van der Waals surface area contributed by atoms with E-state index >= 15 is 0 Å². The molecule has 172 valence electrons. The quantitative estimate of drug-likeness (QED) is 0.552. The molecule has 9 heteroatoms. The highest BCUT2D eigenvalue weighted by atomic mass is 32.2. The first-order valence-electron chi connectivity index (χ1n) is 10.9. The molecule has 8 nitrogen and oxygen atoms in total. The van der Waals surface area contributed by atoms with Crippen molar-refractivity contribution in [1.29, 1.82) is 0 Å². The summed E-state index contributed by atoms with van der Waals surface area (Å²) in [6.07, 6.45) is 3.73. The number of carbonyl (C=O) groups excluding carboxylic acids is 1. The van der Waals surface area contributed by atoms with Crippen molar-refractivity contribution >= 4 is 21.6 Å². The Morgan fingerprint density at radius 3 is 2.27 bits per heavy atom. The number of aromatic nitrogens is 3. The van der Waals surface area contributed by atoms with E-state index in [1.165, 1.54) is 0 Å². The lowest BCUT2D eigenvalue weighted by Crippen LogP contribution is -2.49. The molecule has 0 N–H and O–H groups in total. The molecule has 0 atom stereocenters. The van der Waals surface area contributed by atoms with Gasteiger partial charge in [0.05, 0.1) is 22.3 Å². The van der Waals surface area contributed by atoms with Gasteiger partial charge in [0, 0.05) is 44.1 Å². The molecule has 0 radical (unpaired) electrons. The Kier molecular flexibility index (Phi) is 6.69. The Morgan fingerprint density at radius 1 is 0.970 bits per heavy atom. The van der Waals surface area contributed by atoms with Crippen molar-refractivity contribution in [2.45, 2.75) is 30.4 Å². The number of nitrogens with zero attached hydrogens (tertiary/aromatic N) is 5. The summed E-state index contributed by atoms with van der Waals surface area (Å²) in [6.45, 7) is 5.88. The molecule has 1 amide bonds. The van der Waals surface area contributed by atoms with Crippen LogP contribution in [0.3, 0.4) is 0 Å². The number of pyridine rings is 1. The normalized spacial score (nSPS) is 14.5. The molecule has 0 bridgehead atoms. The van der Waals surface area contributed by atoms with E-state index in [1.54, 1.807) is 50.5 Å². The number of anilines is 1. The standard InChI is InChI=1S/C24H27N5O3S/c1-18(2)33(31,32)21-7-5-19(6-8-21)16-24(30)29-14-12-28(13-15-29)23-10-9-22(26-27-23)20-4-3-11-25-17-20/h3-11,17-18H,12-16H2,1-2H3. The molecule has 3 heterocycles. The van der Waals surface area contributed by atoms with Crippen LogP contribution in [0.1, 0.15) is 19.4 Å². The van der Waals surface area contributed by atoms with Gasteiger partial charge in [-0.25, -0.2) is 8.42 Å². The Morgan fingerprint density at radius 2 is 1.70 bits per heavy atom. The maximum Gasteiger partial charge on any atom is 0.227 e. The van der Waals surface area contributed by atoms with Crippen LogP contribution < -0.4 is 4.90 Å². The molecule has 0 aliphatic carbocycles.